The van der Waals surface area contributed by atoms with Crippen LogP contribution >= 0.6 is 0 Å². The van der Waals surface area contributed by atoms with Gasteiger partial charge in [-0.1, -0.05) is 18.2 Å². The largest absolute Gasteiger partial charge is 0.496 e. The van der Waals surface area contributed by atoms with Gasteiger partial charge >= 0.3 is 5.97 Å². The van der Waals surface area contributed by atoms with E-state index in [1.807, 2.05) is 0 Å². The van der Waals surface area contributed by atoms with E-state index in [0.717, 1.165) is 5.41 Å². The van der Waals surface area contributed by atoms with E-state index < -0.39 is 16.0 Å². The SMILES string of the molecule is COc1cc(OC)c(C=CS(=O)(=O)Nc2ccc(OC)c(OC(=O)c3ccccc3)c2)c(OC)c1. The number of anilines is 1. The molecule has 0 aliphatic rings. The molecule has 184 valence electrons. The highest BCUT2D eigenvalue weighted by atomic mass is 32.2. The van der Waals surface area contributed by atoms with Gasteiger partial charge in [0.25, 0.3) is 10.0 Å². The van der Waals surface area contributed by atoms with Crippen molar-refractivity contribution in [2.24, 2.45) is 0 Å². The number of carbonyl (C=O) groups excluding carboxylic acids is 1. The number of carbonyl (C=O) groups is 1. The minimum absolute atomic E-state index is 0.0593. The van der Waals surface area contributed by atoms with Crippen LogP contribution in [0.3, 0.4) is 0 Å². The molecule has 3 aromatic rings. The number of ether oxygens (including phenoxy) is 5. The molecule has 0 atom stereocenters. The molecule has 0 spiro atoms. The van der Waals surface area contributed by atoms with E-state index in [2.05, 4.69) is 4.72 Å². The lowest BCUT2D eigenvalue weighted by atomic mass is 10.1. The van der Waals surface area contributed by atoms with E-state index in [-0.39, 0.29) is 17.2 Å². The molecule has 0 radical (unpaired) electrons. The molecular formula is C25H25NO8S. The summed E-state index contributed by atoms with van der Waals surface area (Å²) >= 11 is 0. The van der Waals surface area contributed by atoms with Crippen LogP contribution in [0.15, 0.2) is 66.1 Å². The standard InChI is InChI=1S/C25H25NO8S/c1-30-19-15-22(32-3)20(23(16-19)33-4)12-13-35(28,29)26-18-10-11-21(31-2)24(14-18)34-25(27)17-8-6-5-7-9-17/h5-16,26H,1-4H3. The molecule has 0 saturated carbocycles. The summed E-state index contributed by atoms with van der Waals surface area (Å²) in [5, 5.41) is 0.972. The normalized spacial score (nSPS) is 11.1. The first-order valence-corrected chi connectivity index (χ1v) is 11.8. The smallest absolute Gasteiger partial charge is 0.343 e. The lowest BCUT2D eigenvalue weighted by Gasteiger charge is -2.13. The van der Waals surface area contributed by atoms with Gasteiger partial charge < -0.3 is 23.7 Å². The maximum atomic E-state index is 12.8. The third-order valence-electron chi connectivity index (χ3n) is 4.80. The molecule has 0 aliphatic carbocycles. The summed E-state index contributed by atoms with van der Waals surface area (Å²) in [7, 11) is 1.85. The van der Waals surface area contributed by atoms with Crippen molar-refractivity contribution in [2.75, 3.05) is 33.2 Å². The van der Waals surface area contributed by atoms with Crippen molar-refractivity contribution in [3.63, 3.8) is 0 Å². The molecule has 0 aliphatic heterocycles. The number of rotatable bonds is 10. The second kappa shape index (κ2) is 11.3. The van der Waals surface area contributed by atoms with Crippen molar-refractivity contribution in [3.05, 3.63) is 77.2 Å². The first kappa shape index (κ1) is 25.4. The third-order valence-corrected chi connectivity index (χ3v) is 5.82. The summed E-state index contributed by atoms with van der Waals surface area (Å²) < 4.78 is 54.5. The number of nitrogens with one attached hydrogen (secondary N) is 1. The van der Waals surface area contributed by atoms with Gasteiger partial charge in [-0.2, -0.15) is 0 Å². The topological polar surface area (TPSA) is 109 Å². The fourth-order valence-electron chi connectivity index (χ4n) is 3.11. The predicted molar refractivity (Wildman–Crippen MR) is 132 cm³/mol. The van der Waals surface area contributed by atoms with Gasteiger partial charge in [0.15, 0.2) is 11.5 Å². The number of hydrogen-bond acceptors (Lipinski definition) is 8. The summed E-state index contributed by atoms with van der Waals surface area (Å²) in [5.74, 6) is 0.944. The number of sulfonamides is 1. The highest BCUT2D eigenvalue weighted by molar-refractivity contribution is 7.95. The average Bonchev–Trinajstić information content (AvgIpc) is 2.87. The van der Waals surface area contributed by atoms with Crippen LogP contribution < -0.4 is 28.4 Å². The number of methoxy groups -OCH3 is 4. The zero-order valence-electron chi connectivity index (χ0n) is 19.6. The molecule has 1 N–H and O–H groups in total. The second-order valence-corrected chi connectivity index (χ2v) is 8.58. The van der Waals surface area contributed by atoms with Crippen molar-refractivity contribution in [1.82, 2.24) is 0 Å². The van der Waals surface area contributed by atoms with Gasteiger partial charge in [0.05, 0.1) is 50.7 Å². The van der Waals surface area contributed by atoms with Crippen LogP contribution in [0.1, 0.15) is 15.9 Å². The van der Waals surface area contributed by atoms with Gasteiger partial charge in [-0.15, -0.1) is 0 Å². The van der Waals surface area contributed by atoms with E-state index in [0.29, 0.717) is 28.4 Å². The fraction of sp³-hybridized carbons (Fsp3) is 0.160. The van der Waals surface area contributed by atoms with Crippen molar-refractivity contribution in [1.29, 1.82) is 0 Å². The minimum Gasteiger partial charge on any atom is -0.496 e. The van der Waals surface area contributed by atoms with Gasteiger partial charge in [-0.05, 0) is 30.3 Å². The Hall–Kier alpha value is -4.18. The zero-order valence-corrected chi connectivity index (χ0v) is 20.4. The molecule has 3 rings (SSSR count). The summed E-state index contributed by atoms with van der Waals surface area (Å²) in [5.41, 5.74) is 0.916. The Labute approximate surface area is 203 Å². The van der Waals surface area contributed by atoms with Crippen LogP contribution in [-0.4, -0.2) is 42.8 Å². The maximum absolute atomic E-state index is 12.8. The van der Waals surface area contributed by atoms with Crippen LogP contribution in [0.5, 0.6) is 28.7 Å². The molecule has 0 fully saturated rings. The first-order chi connectivity index (χ1) is 16.8. The van der Waals surface area contributed by atoms with Gasteiger partial charge in [-0.3, -0.25) is 4.72 Å². The Morgan fingerprint density at radius 3 is 1.97 bits per heavy atom. The molecular weight excluding hydrogens is 474 g/mol. The molecule has 0 bridgehead atoms. The lowest BCUT2D eigenvalue weighted by molar-refractivity contribution is 0.0730. The summed E-state index contributed by atoms with van der Waals surface area (Å²) in [4.78, 5) is 12.4. The highest BCUT2D eigenvalue weighted by Crippen LogP contribution is 2.35. The number of benzene rings is 3. The molecule has 35 heavy (non-hydrogen) atoms. The Balaban J connectivity index is 1.85. The van der Waals surface area contributed by atoms with Gasteiger partial charge in [0, 0.05) is 18.2 Å². The third kappa shape index (κ3) is 6.45. The zero-order chi connectivity index (χ0) is 25.4. The summed E-state index contributed by atoms with van der Waals surface area (Å²) in [6.45, 7) is 0. The van der Waals surface area contributed by atoms with E-state index in [1.165, 1.54) is 52.7 Å². The Morgan fingerprint density at radius 1 is 0.771 bits per heavy atom. The second-order valence-electron chi connectivity index (χ2n) is 7.02. The number of esters is 1. The quantitative estimate of drug-likeness (QED) is 0.324. The average molecular weight is 500 g/mol. The monoisotopic (exact) mass is 499 g/mol. The van der Waals surface area contributed by atoms with Gasteiger partial charge in [-0.25, -0.2) is 13.2 Å². The minimum atomic E-state index is -3.97. The van der Waals surface area contributed by atoms with Crippen molar-refractivity contribution in [2.45, 2.75) is 0 Å². The molecule has 0 heterocycles. The van der Waals surface area contributed by atoms with E-state index >= 15 is 0 Å². The molecule has 3 aromatic carbocycles. The van der Waals surface area contributed by atoms with E-state index in [9.17, 15) is 13.2 Å². The Morgan fingerprint density at radius 2 is 1.40 bits per heavy atom. The lowest BCUT2D eigenvalue weighted by Crippen LogP contribution is -2.11. The summed E-state index contributed by atoms with van der Waals surface area (Å²) in [6, 6.07) is 16.0. The van der Waals surface area contributed by atoms with E-state index in [4.69, 9.17) is 23.7 Å². The first-order valence-electron chi connectivity index (χ1n) is 10.3. The van der Waals surface area contributed by atoms with Crippen molar-refractivity contribution < 1.29 is 36.9 Å². The van der Waals surface area contributed by atoms with Crippen LogP contribution in [0.4, 0.5) is 5.69 Å². The van der Waals surface area contributed by atoms with Crippen LogP contribution in [-0.2, 0) is 10.0 Å². The molecule has 0 amide bonds. The van der Waals surface area contributed by atoms with E-state index in [1.54, 1.807) is 42.5 Å². The fourth-order valence-corrected chi connectivity index (χ4v) is 3.94. The molecule has 0 saturated heterocycles. The summed E-state index contributed by atoms with van der Waals surface area (Å²) in [6.07, 6.45) is 1.35. The van der Waals surface area contributed by atoms with Crippen LogP contribution in [0, 0.1) is 0 Å². The molecule has 0 aromatic heterocycles. The van der Waals surface area contributed by atoms with Crippen molar-refractivity contribution >= 4 is 27.8 Å². The maximum Gasteiger partial charge on any atom is 0.343 e. The van der Waals surface area contributed by atoms with Crippen LogP contribution in [0.2, 0.25) is 0 Å². The Bertz CT molecular complexity index is 1300. The molecule has 9 nitrogen and oxygen atoms in total. The van der Waals surface area contributed by atoms with Gasteiger partial charge in [0.1, 0.15) is 17.2 Å². The molecule has 10 heteroatoms. The molecule has 0 unspecified atom stereocenters. The van der Waals surface area contributed by atoms with Crippen molar-refractivity contribution in [3.8, 4) is 28.7 Å². The van der Waals surface area contributed by atoms with Gasteiger partial charge in [0.2, 0.25) is 0 Å². The highest BCUT2D eigenvalue weighted by Gasteiger charge is 2.16. The predicted octanol–water partition coefficient (Wildman–Crippen LogP) is 4.35. The Kier molecular flexibility index (Phi) is 8.21. The number of hydrogen-bond donors (Lipinski definition) is 1. The van der Waals surface area contributed by atoms with Crippen LogP contribution in [0.25, 0.3) is 6.08 Å².